The summed E-state index contributed by atoms with van der Waals surface area (Å²) in [7, 11) is 1.69. The Morgan fingerprint density at radius 2 is 1.67 bits per heavy atom. The van der Waals surface area contributed by atoms with Gasteiger partial charge in [-0.1, -0.05) is 25.0 Å². The summed E-state index contributed by atoms with van der Waals surface area (Å²) in [5, 5.41) is 1.03. The van der Waals surface area contributed by atoms with E-state index >= 15 is 0 Å². The van der Waals surface area contributed by atoms with Crippen molar-refractivity contribution in [3.05, 3.63) is 34.2 Å². The van der Waals surface area contributed by atoms with E-state index in [0.717, 1.165) is 48.2 Å². The van der Waals surface area contributed by atoms with Crippen molar-refractivity contribution in [3.63, 3.8) is 0 Å². The SMILES string of the molecule is Cl.Cn1c(=O)n(N2C(=O)CCCC2=O)c2cccc(CCCCCCN)c21. The van der Waals surface area contributed by atoms with Crippen LogP contribution in [-0.2, 0) is 23.1 Å². The first-order chi connectivity index (χ1) is 12.6. The summed E-state index contributed by atoms with van der Waals surface area (Å²) in [5.74, 6) is -0.633. The second kappa shape index (κ2) is 9.19. The first kappa shape index (κ1) is 21.2. The van der Waals surface area contributed by atoms with Crippen LogP contribution in [-0.4, -0.2) is 27.6 Å². The number of fused-ring (bicyclic) bond motifs is 1. The number of hydrogen-bond donors (Lipinski definition) is 1. The van der Waals surface area contributed by atoms with Gasteiger partial charge in [0.15, 0.2) is 0 Å². The molecule has 1 aliphatic rings. The predicted molar refractivity (Wildman–Crippen MR) is 108 cm³/mol. The second-order valence-corrected chi connectivity index (χ2v) is 6.84. The van der Waals surface area contributed by atoms with E-state index in [1.165, 1.54) is 4.68 Å². The molecular formula is C19H27ClN4O3. The lowest BCUT2D eigenvalue weighted by molar-refractivity contribution is -0.131. The highest BCUT2D eigenvalue weighted by molar-refractivity contribution is 6.11. The number of nitrogens with two attached hydrogens (primary N) is 1. The Balaban J connectivity index is 0.00000261. The van der Waals surface area contributed by atoms with Gasteiger partial charge < -0.3 is 5.73 Å². The molecule has 3 rings (SSSR count). The summed E-state index contributed by atoms with van der Waals surface area (Å²) >= 11 is 0. The molecule has 27 heavy (non-hydrogen) atoms. The lowest BCUT2D eigenvalue weighted by atomic mass is 10.0. The van der Waals surface area contributed by atoms with Crippen molar-refractivity contribution in [1.29, 1.82) is 0 Å². The molecule has 2 heterocycles. The summed E-state index contributed by atoms with van der Waals surface area (Å²) in [4.78, 5) is 37.4. The van der Waals surface area contributed by atoms with Gasteiger partial charge in [-0.2, -0.15) is 9.69 Å². The van der Waals surface area contributed by atoms with Crippen LogP contribution in [0.1, 0.15) is 50.5 Å². The maximum atomic E-state index is 12.8. The van der Waals surface area contributed by atoms with Gasteiger partial charge in [0.25, 0.3) is 0 Å². The second-order valence-electron chi connectivity index (χ2n) is 6.84. The Hall–Kier alpha value is -2.12. The fourth-order valence-corrected chi connectivity index (χ4v) is 3.65. The summed E-state index contributed by atoms with van der Waals surface area (Å²) in [6, 6.07) is 5.69. The zero-order valence-corrected chi connectivity index (χ0v) is 16.5. The van der Waals surface area contributed by atoms with Crippen molar-refractivity contribution in [2.75, 3.05) is 11.6 Å². The Morgan fingerprint density at radius 1 is 1.00 bits per heavy atom. The lowest BCUT2D eigenvalue weighted by Crippen LogP contribution is -2.52. The van der Waals surface area contributed by atoms with Gasteiger partial charge in [0.2, 0.25) is 11.8 Å². The number of imide groups is 1. The van der Waals surface area contributed by atoms with Crippen molar-refractivity contribution in [2.24, 2.45) is 12.8 Å². The number of imidazole rings is 1. The van der Waals surface area contributed by atoms with Crippen LogP contribution in [0, 0.1) is 0 Å². The molecule has 1 aromatic heterocycles. The van der Waals surface area contributed by atoms with Gasteiger partial charge in [0.05, 0.1) is 11.0 Å². The number of carbonyl (C=O) groups is 2. The minimum Gasteiger partial charge on any atom is -0.330 e. The summed E-state index contributed by atoms with van der Waals surface area (Å²) in [5.41, 5.74) is 7.63. The van der Waals surface area contributed by atoms with Gasteiger partial charge in [-0.15, -0.1) is 12.4 Å². The number of hydrogen-bond acceptors (Lipinski definition) is 4. The number of rotatable bonds is 7. The predicted octanol–water partition coefficient (Wildman–Crippen LogP) is 2.00. The van der Waals surface area contributed by atoms with Gasteiger partial charge >= 0.3 is 5.69 Å². The van der Waals surface area contributed by atoms with Gasteiger partial charge in [0, 0.05) is 19.9 Å². The molecule has 1 aromatic carbocycles. The highest BCUT2D eigenvalue weighted by Crippen LogP contribution is 2.22. The first-order valence-electron chi connectivity index (χ1n) is 9.31. The Kier molecular flexibility index (Phi) is 7.21. The molecule has 0 unspecified atom stereocenters. The topological polar surface area (TPSA) is 90.3 Å². The number of benzene rings is 1. The van der Waals surface area contributed by atoms with E-state index in [9.17, 15) is 14.4 Å². The van der Waals surface area contributed by atoms with E-state index in [4.69, 9.17) is 5.73 Å². The van der Waals surface area contributed by atoms with Crippen LogP contribution < -0.4 is 16.4 Å². The number of halogens is 1. The standard InChI is InChI=1S/C19H26N4O3.ClH/c1-21-18-14(8-4-2-3-5-13-20)9-6-10-15(18)22(19(21)26)23-16(24)11-7-12-17(23)25;/h6,9-10H,2-5,7-8,11-13,20H2,1H3;1H. The molecule has 0 bridgehead atoms. The van der Waals surface area contributed by atoms with Crippen LogP contribution in [0.4, 0.5) is 0 Å². The lowest BCUT2D eigenvalue weighted by Gasteiger charge is -2.25. The normalized spacial score (nSPS) is 14.7. The zero-order valence-electron chi connectivity index (χ0n) is 15.6. The van der Waals surface area contributed by atoms with Crippen LogP contribution in [0.3, 0.4) is 0 Å². The molecule has 1 fully saturated rings. The van der Waals surface area contributed by atoms with Crippen molar-refractivity contribution < 1.29 is 9.59 Å². The largest absolute Gasteiger partial charge is 0.348 e. The Bertz CT molecular complexity index is 871. The van der Waals surface area contributed by atoms with E-state index in [0.29, 0.717) is 18.5 Å². The molecule has 2 N–H and O–H groups in total. The van der Waals surface area contributed by atoms with Crippen LogP contribution in [0.15, 0.2) is 23.0 Å². The van der Waals surface area contributed by atoms with E-state index < -0.39 is 0 Å². The van der Waals surface area contributed by atoms with E-state index in [2.05, 4.69) is 0 Å². The van der Waals surface area contributed by atoms with Gasteiger partial charge in [-0.05, 0) is 43.9 Å². The number of unbranched alkanes of at least 4 members (excludes halogenated alkanes) is 3. The molecule has 7 nitrogen and oxygen atoms in total. The molecule has 2 amide bonds. The molecule has 1 aliphatic heterocycles. The fraction of sp³-hybridized carbons (Fsp3) is 0.526. The van der Waals surface area contributed by atoms with Crippen molar-refractivity contribution >= 4 is 35.3 Å². The third-order valence-electron chi connectivity index (χ3n) is 4.98. The number of para-hydroxylation sites is 1. The molecule has 0 spiro atoms. The van der Waals surface area contributed by atoms with E-state index in [1.54, 1.807) is 17.7 Å². The highest BCUT2D eigenvalue weighted by Gasteiger charge is 2.31. The van der Waals surface area contributed by atoms with Crippen LogP contribution in [0.2, 0.25) is 0 Å². The highest BCUT2D eigenvalue weighted by atomic mass is 35.5. The third-order valence-corrected chi connectivity index (χ3v) is 4.98. The molecule has 0 saturated carbocycles. The van der Waals surface area contributed by atoms with Crippen molar-refractivity contribution in [1.82, 2.24) is 9.24 Å². The number of aryl methyl sites for hydroxylation is 2. The van der Waals surface area contributed by atoms with E-state index in [1.807, 2.05) is 12.1 Å². The number of carbonyl (C=O) groups excluding carboxylic acids is 2. The van der Waals surface area contributed by atoms with Crippen LogP contribution in [0.5, 0.6) is 0 Å². The van der Waals surface area contributed by atoms with Gasteiger partial charge in [-0.3, -0.25) is 14.2 Å². The quantitative estimate of drug-likeness (QED) is 0.574. The van der Waals surface area contributed by atoms with Crippen LogP contribution >= 0.6 is 12.4 Å². The first-order valence-corrected chi connectivity index (χ1v) is 9.31. The molecule has 148 valence electrons. The zero-order chi connectivity index (χ0) is 18.7. The average Bonchev–Trinajstić information content (AvgIpc) is 2.87. The molecular weight excluding hydrogens is 368 g/mol. The Labute approximate surface area is 164 Å². The van der Waals surface area contributed by atoms with Crippen molar-refractivity contribution in [3.8, 4) is 0 Å². The smallest absolute Gasteiger partial charge is 0.330 e. The number of aromatic nitrogens is 2. The monoisotopic (exact) mass is 394 g/mol. The van der Waals surface area contributed by atoms with E-state index in [-0.39, 0.29) is 42.8 Å². The average molecular weight is 395 g/mol. The molecule has 0 radical (unpaired) electrons. The maximum absolute atomic E-state index is 12.8. The number of piperidine rings is 1. The molecule has 0 atom stereocenters. The van der Waals surface area contributed by atoms with Gasteiger partial charge in [0.1, 0.15) is 0 Å². The third kappa shape index (κ3) is 4.09. The minimum atomic E-state index is -0.362. The molecule has 8 heteroatoms. The fourth-order valence-electron chi connectivity index (χ4n) is 3.65. The maximum Gasteiger partial charge on any atom is 0.348 e. The summed E-state index contributed by atoms with van der Waals surface area (Å²) < 4.78 is 2.79. The van der Waals surface area contributed by atoms with Crippen LogP contribution in [0.25, 0.3) is 11.0 Å². The minimum absolute atomic E-state index is 0. The molecule has 0 aliphatic carbocycles. The number of amides is 2. The molecule has 1 saturated heterocycles. The number of nitrogens with zero attached hydrogens (tertiary/aromatic N) is 3. The Morgan fingerprint density at radius 3 is 2.33 bits per heavy atom. The summed E-state index contributed by atoms with van der Waals surface area (Å²) in [6.07, 6.45) is 6.19. The van der Waals surface area contributed by atoms with Gasteiger partial charge in [-0.25, -0.2) is 4.79 Å². The summed E-state index contributed by atoms with van der Waals surface area (Å²) in [6.45, 7) is 0.713. The molecule has 2 aromatic rings. The van der Waals surface area contributed by atoms with Crippen molar-refractivity contribution in [2.45, 2.75) is 51.4 Å².